The number of aromatic nitrogens is 1. The Balaban J connectivity index is 2.71. The van der Waals surface area contributed by atoms with Crippen LogP contribution in [0.15, 0.2) is 41.5 Å². The minimum absolute atomic E-state index is 0.255. The van der Waals surface area contributed by atoms with E-state index in [1.165, 1.54) is 13.1 Å². The van der Waals surface area contributed by atoms with Crippen LogP contribution < -0.4 is 5.36 Å². The van der Waals surface area contributed by atoms with Gasteiger partial charge in [-0.05, 0) is 18.2 Å². The Hall–Kier alpha value is -2.10. The van der Waals surface area contributed by atoms with Crippen molar-refractivity contribution in [1.82, 2.24) is 4.73 Å². The van der Waals surface area contributed by atoms with Crippen molar-refractivity contribution in [2.75, 3.05) is 0 Å². The highest BCUT2D eigenvalue weighted by Gasteiger charge is 2.03. The Morgan fingerprint density at radius 3 is 2.93 bits per heavy atom. The number of hydrogen-bond acceptors (Lipinski definition) is 2. The molecule has 2 aliphatic rings. The molecular formula is C11H10N2O2. The molecule has 1 amide bonds. The second-order valence-electron chi connectivity index (χ2n) is 3.23. The molecule has 76 valence electrons. The van der Waals surface area contributed by atoms with Crippen LogP contribution in [0, 0.1) is 0 Å². The van der Waals surface area contributed by atoms with Gasteiger partial charge in [0.15, 0.2) is 0 Å². The molecule has 4 nitrogen and oxygen atoms in total. The van der Waals surface area contributed by atoms with E-state index in [0.717, 1.165) is 10.3 Å². The van der Waals surface area contributed by atoms with Gasteiger partial charge in [0.1, 0.15) is 0 Å². The molecule has 0 spiro atoms. The van der Waals surface area contributed by atoms with Crippen LogP contribution in [0.2, 0.25) is 0 Å². The van der Waals surface area contributed by atoms with E-state index in [-0.39, 0.29) is 5.91 Å². The third kappa shape index (κ3) is 1.88. The van der Waals surface area contributed by atoms with Gasteiger partial charge >= 0.3 is 0 Å². The zero-order valence-corrected chi connectivity index (χ0v) is 8.21. The summed E-state index contributed by atoms with van der Waals surface area (Å²) in [7, 11) is 0. The first-order valence-corrected chi connectivity index (χ1v) is 4.53. The third-order valence-corrected chi connectivity index (χ3v) is 2.05. The first-order chi connectivity index (χ1) is 7.16. The Kier molecular flexibility index (Phi) is 2.25. The quantitative estimate of drug-likeness (QED) is 0.654. The lowest BCUT2D eigenvalue weighted by Gasteiger charge is -2.08. The molecule has 0 aromatic carbocycles. The van der Waals surface area contributed by atoms with Crippen molar-refractivity contribution in [1.29, 1.82) is 0 Å². The zero-order valence-electron chi connectivity index (χ0n) is 8.21. The van der Waals surface area contributed by atoms with Gasteiger partial charge < -0.3 is 5.21 Å². The lowest BCUT2D eigenvalue weighted by atomic mass is 10.1. The molecule has 2 rings (SSSR count). The number of nitrogens with zero attached hydrogens (tertiary/aromatic N) is 2. The lowest BCUT2D eigenvalue weighted by molar-refractivity contribution is -0.116. The van der Waals surface area contributed by atoms with Crippen LogP contribution in [0.25, 0.3) is 11.3 Å². The van der Waals surface area contributed by atoms with Crippen molar-refractivity contribution < 1.29 is 10.0 Å². The Morgan fingerprint density at radius 1 is 1.40 bits per heavy atom. The Bertz CT molecular complexity index is 543. The van der Waals surface area contributed by atoms with Crippen LogP contribution in [-0.2, 0) is 4.79 Å². The van der Waals surface area contributed by atoms with Crippen LogP contribution in [0.4, 0.5) is 0 Å². The molecule has 0 saturated heterocycles. The molecule has 0 aromatic heterocycles. The Labute approximate surface area is 86.4 Å². The first kappa shape index (κ1) is 9.45. The van der Waals surface area contributed by atoms with Crippen LogP contribution in [0.5, 0.6) is 0 Å². The van der Waals surface area contributed by atoms with Crippen molar-refractivity contribution in [3.8, 4) is 11.3 Å². The molecule has 1 aliphatic heterocycles. The maximum absolute atomic E-state index is 10.8. The Morgan fingerprint density at radius 2 is 2.20 bits per heavy atom. The maximum Gasteiger partial charge on any atom is 0.243 e. The molecule has 0 saturated carbocycles. The molecule has 15 heavy (non-hydrogen) atoms. The molecule has 0 bridgehead atoms. The molecule has 0 radical (unpaired) electrons. The average molecular weight is 202 g/mol. The van der Waals surface area contributed by atoms with E-state index in [0.29, 0.717) is 11.1 Å². The fraction of sp³-hybridized carbons (Fsp3) is 0.0909. The summed E-state index contributed by atoms with van der Waals surface area (Å²) >= 11 is 0. The number of carbonyl (C=O) groups excluding carboxylic acids is 1. The van der Waals surface area contributed by atoms with Gasteiger partial charge in [-0.15, -0.1) is 0 Å². The minimum atomic E-state index is -0.255. The van der Waals surface area contributed by atoms with Crippen LogP contribution in [-0.4, -0.2) is 15.8 Å². The number of benzene rings is 1. The molecule has 0 fully saturated rings. The highest BCUT2D eigenvalue weighted by molar-refractivity contribution is 5.74. The van der Waals surface area contributed by atoms with E-state index in [1.807, 2.05) is 12.1 Å². The van der Waals surface area contributed by atoms with E-state index in [1.54, 1.807) is 18.2 Å². The van der Waals surface area contributed by atoms with Crippen molar-refractivity contribution >= 4 is 5.91 Å². The second-order valence-corrected chi connectivity index (χ2v) is 3.23. The summed E-state index contributed by atoms with van der Waals surface area (Å²) in [5.41, 5.74) is 1.52. The molecule has 4 heteroatoms. The molecule has 0 unspecified atom stereocenters. The van der Waals surface area contributed by atoms with Crippen molar-refractivity contribution in [3.63, 3.8) is 0 Å². The third-order valence-electron chi connectivity index (χ3n) is 2.05. The van der Waals surface area contributed by atoms with Gasteiger partial charge in [-0.25, -0.2) is 4.99 Å². The van der Waals surface area contributed by atoms with E-state index in [4.69, 9.17) is 0 Å². The lowest BCUT2D eigenvalue weighted by Crippen LogP contribution is -2.08. The van der Waals surface area contributed by atoms with Gasteiger partial charge in [0.2, 0.25) is 5.91 Å². The highest BCUT2D eigenvalue weighted by Crippen LogP contribution is 2.16. The predicted molar refractivity (Wildman–Crippen MR) is 54.5 cm³/mol. The molecule has 0 atom stereocenters. The summed E-state index contributed by atoms with van der Waals surface area (Å²) in [6.45, 7) is 1.39. The number of amides is 1. The van der Waals surface area contributed by atoms with Crippen molar-refractivity contribution in [2.45, 2.75) is 6.92 Å². The SMILES string of the molecule is CC(=O)N=c1ccc2cccn(O)c-2c1. The van der Waals surface area contributed by atoms with E-state index >= 15 is 0 Å². The monoisotopic (exact) mass is 202 g/mol. The summed E-state index contributed by atoms with van der Waals surface area (Å²) < 4.78 is 1.01. The van der Waals surface area contributed by atoms with Crippen molar-refractivity contribution in [2.24, 2.45) is 4.99 Å². The van der Waals surface area contributed by atoms with Crippen LogP contribution in [0.3, 0.4) is 0 Å². The largest absolute Gasteiger partial charge is 0.428 e. The summed E-state index contributed by atoms with van der Waals surface area (Å²) in [6.07, 6.45) is 1.53. The number of rotatable bonds is 0. The van der Waals surface area contributed by atoms with Gasteiger partial charge in [-0.2, -0.15) is 4.73 Å². The second kappa shape index (κ2) is 3.57. The fourth-order valence-corrected chi connectivity index (χ4v) is 1.43. The standard InChI is InChI=1S/C11H10N2O2/c1-8(14)12-10-5-4-9-3-2-6-13(15)11(9)7-10/h2-7,15H,1H3. The number of pyridine rings is 1. The van der Waals surface area contributed by atoms with E-state index < -0.39 is 0 Å². The van der Waals surface area contributed by atoms with Gasteiger partial charge in [0.25, 0.3) is 0 Å². The zero-order chi connectivity index (χ0) is 10.8. The highest BCUT2D eigenvalue weighted by atomic mass is 16.5. The molecule has 1 aliphatic carbocycles. The summed E-state index contributed by atoms with van der Waals surface area (Å²) in [5.74, 6) is -0.255. The topological polar surface area (TPSA) is 54.6 Å². The minimum Gasteiger partial charge on any atom is -0.428 e. The summed E-state index contributed by atoms with van der Waals surface area (Å²) in [6, 6.07) is 8.83. The van der Waals surface area contributed by atoms with Crippen molar-refractivity contribution in [3.05, 3.63) is 41.9 Å². The van der Waals surface area contributed by atoms with Crippen LogP contribution in [0.1, 0.15) is 6.92 Å². The van der Waals surface area contributed by atoms with Crippen LogP contribution >= 0.6 is 0 Å². The maximum atomic E-state index is 10.8. The predicted octanol–water partition coefficient (Wildman–Crippen LogP) is 1.28. The van der Waals surface area contributed by atoms with Gasteiger partial charge in [-0.3, -0.25) is 4.79 Å². The van der Waals surface area contributed by atoms with E-state index in [2.05, 4.69) is 4.99 Å². The first-order valence-electron chi connectivity index (χ1n) is 4.53. The van der Waals surface area contributed by atoms with Gasteiger partial charge in [0.05, 0.1) is 11.1 Å². The van der Waals surface area contributed by atoms with E-state index in [9.17, 15) is 10.0 Å². The van der Waals surface area contributed by atoms with Gasteiger partial charge in [-0.1, -0.05) is 12.1 Å². The normalized spacial score (nSPS) is 11.9. The molecule has 0 aromatic rings. The van der Waals surface area contributed by atoms with Gasteiger partial charge in [0, 0.05) is 18.7 Å². The molecule has 1 heterocycles. The summed E-state index contributed by atoms with van der Waals surface area (Å²) in [5, 5.41) is 10.1. The fourth-order valence-electron chi connectivity index (χ4n) is 1.43. The number of hydrogen-bond donors (Lipinski definition) is 1. The molecule has 1 N–H and O–H groups in total. The number of fused-ring (bicyclic) bond motifs is 1. The summed E-state index contributed by atoms with van der Waals surface area (Å²) in [4.78, 5) is 14.6. The average Bonchev–Trinajstić information content (AvgIpc) is 2.18. The number of carbonyl (C=O) groups is 1. The molecular weight excluding hydrogens is 192 g/mol. The smallest absolute Gasteiger partial charge is 0.243 e.